The van der Waals surface area contributed by atoms with E-state index in [-0.39, 0.29) is 6.04 Å². The molecule has 14 heavy (non-hydrogen) atoms. The Bertz CT molecular complexity index is 302. The lowest BCUT2D eigenvalue weighted by atomic mass is 10.1. The summed E-state index contributed by atoms with van der Waals surface area (Å²) in [6.07, 6.45) is 4.45. The van der Waals surface area contributed by atoms with E-state index in [1.807, 2.05) is 12.1 Å². The molecule has 0 fully saturated rings. The Hall–Kier alpha value is -1.40. The Morgan fingerprint density at radius 1 is 1.64 bits per heavy atom. The largest absolute Gasteiger partial charge is 0.296 e. The zero-order chi connectivity index (χ0) is 10.4. The van der Waals surface area contributed by atoms with Gasteiger partial charge in [-0.15, -0.1) is 0 Å². The van der Waals surface area contributed by atoms with Gasteiger partial charge in [-0.1, -0.05) is 13.0 Å². The SMILES string of the molecule is CCC(C)NC(C#N)c1cccnc1. The van der Waals surface area contributed by atoms with Crippen LogP contribution in [-0.2, 0) is 0 Å². The number of pyridine rings is 1. The number of nitrogens with zero attached hydrogens (tertiary/aromatic N) is 2. The predicted molar refractivity (Wildman–Crippen MR) is 55.5 cm³/mol. The summed E-state index contributed by atoms with van der Waals surface area (Å²) in [5, 5.41) is 12.2. The maximum absolute atomic E-state index is 8.98. The van der Waals surface area contributed by atoms with Gasteiger partial charge in [-0.25, -0.2) is 0 Å². The number of nitrogens with one attached hydrogen (secondary N) is 1. The summed E-state index contributed by atoms with van der Waals surface area (Å²) in [6, 6.07) is 6.09. The first kappa shape index (κ1) is 10.7. The Kier molecular flexibility index (Phi) is 4.09. The third kappa shape index (κ3) is 2.82. The number of nitriles is 1. The van der Waals surface area contributed by atoms with Gasteiger partial charge in [0.25, 0.3) is 0 Å². The second-order valence-electron chi connectivity index (χ2n) is 3.32. The highest BCUT2D eigenvalue weighted by molar-refractivity contribution is 5.20. The van der Waals surface area contributed by atoms with Crippen LogP contribution in [0.15, 0.2) is 24.5 Å². The number of rotatable bonds is 4. The van der Waals surface area contributed by atoms with Gasteiger partial charge < -0.3 is 0 Å². The van der Waals surface area contributed by atoms with Crippen molar-refractivity contribution in [3.05, 3.63) is 30.1 Å². The summed E-state index contributed by atoms with van der Waals surface area (Å²) in [5.74, 6) is 0. The highest BCUT2D eigenvalue weighted by atomic mass is 14.9. The van der Waals surface area contributed by atoms with Gasteiger partial charge in [-0.3, -0.25) is 10.3 Å². The molecule has 0 aromatic carbocycles. The van der Waals surface area contributed by atoms with Crippen molar-refractivity contribution >= 4 is 0 Å². The number of hydrogen-bond donors (Lipinski definition) is 1. The zero-order valence-electron chi connectivity index (χ0n) is 8.57. The van der Waals surface area contributed by atoms with E-state index in [0.717, 1.165) is 12.0 Å². The highest BCUT2D eigenvalue weighted by Crippen LogP contribution is 2.11. The normalized spacial score (nSPS) is 14.4. The van der Waals surface area contributed by atoms with Crippen molar-refractivity contribution in [2.24, 2.45) is 0 Å². The summed E-state index contributed by atoms with van der Waals surface area (Å²) >= 11 is 0. The lowest BCUT2D eigenvalue weighted by molar-refractivity contribution is 0.500. The van der Waals surface area contributed by atoms with Gasteiger partial charge in [0.05, 0.1) is 6.07 Å². The van der Waals surface area contributed by atoms with E-state index in [0.29, 0.717) is 6.04 Å². The summed E-state index contributed by atoms with van der Waals surface area (Å²) in [5.41, 5.74) is 0.926. The molecule has 1 N–H and O–H groups in total. The maximum atomic E-state index is 8.98. The second-order valence-corrected chi connectivity index (χ2v) is 3.32. The molecule has 2 unspecified atom stereocenters. The lowest BCUT2D eigenvalue weighted by Gasteiger charge is -2.16. The van der Waals surface area contributed by atoms with Crippen LogP contribution in [0.4, 0.5) is 0 Å². The monoisotopic (exact) mass is 189 g/mol. The highest BCUT2D eigenvalue weighted by Gasteiger charge is 2.11. The summed E-state index contributed by atoms with van der Waals surface area (Å²) in [6.45, 7) is 4.16. The Morgan fingerprint density at radius 3 is 2.93 bits per heavy atom. The molecule has 0 spiro atoms. The topological polar surface area (TPSA) is 48.7 Å². The third-order valence-electron chi connectivity index (χ3n) is 2.21. The maximum Gasteiger partial charge on any atom is 0.123 e. The van der Waals surface area contributed by atoms with Gasteiger partial charge >= 0.3 is 0 Å². The van der Waals surface area contributed by atoms with Crippen LogP contribution >= 0.6 is 0 Å². The van der Waals surface area contributed by atoms with E-state index in [1.54, 1.807) is 12.4 Å². The molecule has 3 nitrogen and oxygen atoms in total. The van der Waals surface area contributed by atoms with Crippen molar-refractivity contribution in [3.8, 4) is 6.07 Å². The molecule has 1 aromatic rings. The number of aromatic nitrogens is 1. The van der Waals surface area contributed by atoms with Gasteiger partial charge in [0.1, 0.15) is 6.04 Å². The quantitative estimate of drug-likeness (QED) is 0.788. The lowest BCUT2D eigenvalue weighted by Crippen LogP contribution is -2.29. The fourth-order valence-corrected chi connectivity index (χ4v) is 1.16. The molecule has 2 atom stereocenters. The van der Waals surface area contributed by atoms with Crippen LogP contribution in [0.1, 0.15) is 31.9 Å². The summed E-state index contributed by atoms with van der Waals surface area (Å²) in [4.78, 5) is 4.00. The van der Waals surface area contributed by atoms with Gasteiger partial charge in [0.2, 0.25) is 0 Å². The van der Waals surface area contributed by atoms with Crippen LogP contribution in [-0.4, -0.2) is 11.0 Å². The van der Waals surface area contributed by atoms with Crippen molar-refractivity contribution in [1.82, 2.24) is 10.3 Å². The Balaban J connectivity index is 2.69. The van der Waals surface area contributed by atoms with Gasteiger partial charge in [0.15, 0.2) is 0 Å². The average molecular weight is 189 g/mol. The van der Waals surface area contributed by atoms with Crippen LogP contribution < -0.4 is 5.32 Å². The standard InChI is InChI=1S/C11H15N3/c1-3-9(2)14-11(7-12)10-5-4-6-13-8-10/h4-6,8-9,11,14H,3H2,1-2H3. The minimum atomic E-state index is -0.251. The first-order valence-electron chi connectivity index (χ1n) is 4.83. The molecular weight excluding hydrogens is 174 g/mol. The molecule has 74 valence electrons. The van der Waals surface area contributed by atoms with Gasteiger partial charge in [0, 0.05) is 24.0 Å². The second kappa shape index (κ2) is 5.36. The van der Waals surface area contributed by atoms with Crippen LogP contribution in [0, 0.1) is 11.3 Å². The van der Waals surface area contributed by atoms with Crippen molar-refractivity contribution < 1.29 is 0 Å². The van der Waals surface area contributed by atoms with E-state index >= 15 is 0 Å². The minimum Gasteiger partial charge on any atom is -0.296 e. The van der Waals surface area contributed by atoms with E-state index in [9.17, 15) is 0 Å². The summed E-state index contributed by atoms with van der Waals surface area (Å²) < 4.78 is 0. The smallest absolute Gasteiger partial charge is 0.123 e. The molecule has 0 saturated heterocycles. The molecule has 1 heterocycles. The van der Waals surface area contributed by atoms with Crippen LogP contribution in [0.3, 0.4) is 0 Å². The molecule has 0 amide bonds. The van der Waals surface area contributed by atoms with Crippen LogP contribution in [0.25, 0.3) is 0 Å². The zero-order valence-corrected chi connectivity index (χ0v) is 8.57. The molecule has 0 aliphatic rings. The van der Waals surface area contributed by atoms with Crippen molar-refractivity contribution in [3.63, 3.8) is 0 Å². The van der Waals surface area contributed by atoms with E-state index in [1.165, 1.54) is 0 Å². The molecule has 1 aromatic heterocycles. The van der Waals surface area contributed by atoms with Crippen molar-refractivity contribution in [1.29, 1.82) is 5.26 Å². The molecule has 3 heteroatoms. The number of hydrogen-bond acceptors (Lipinski definition) is 3. The van der Waals surface area contributed by atoms with E-state index in [2.05, 4.69) is 30.2 Å². The molecule has 0 radical (unpaired) electrons. The first-order chi connectivity index (χ1) is 6.77. The fraction of sp³-hybridized carbons (Fsp3) is 0.455. The summed E-state index contributed by atoms with van der Waals surface area (Å²) in [7, 11) is 0. The molecular formula is C11H15N3. The fourth-order valence-electron chi connectivity index (χ4n) is 1.16. The molecule has 0 saturated carbocycles. The first-order valence-corrected chi connectivity index (χ1v) is 4.83. The third-order valence-corrected chi connectivity index (χ3v) is 2.21. The molecule has 1 rings (SSSR count). The Labute approximate surface area is 84.8 Å². The predicted octanol–water partition coefficient (Wildman–Crippen LogP) is 2.03. The Morgan fingerprint density at radius 2 is 2.43 bits per heavy atom. The van der Waals surface area contributed by atoms with Crippen LogP contribution in [0.5, 0.6) is 0 Å². The van der Waals surface area contributed by atoms with E-state index in [4.69, 9.17) is 5.26 Å². The minimum absolute atomic E-state index is 0.251. The van der Waals surface area contributed by atoms with Gasteiger partial charge in [-0.2, -0.15) is 5.26 Å². The van der Waals surface area contributed by atoms with E-state index < -0.39 is 0 Å². The van der Waals surface area contributed by atoms with Crippen molar-refractivity contribution in [2.75, 3.05) is 0 Å². The molecule has 0 aliphatic carbocycles. The van der Waals surface area contributed by atoms with Crippen molar-refractivity contribution in [2.45, 2.75) is 32.4 Å². The van der Waals surface area contributed by atoms with Gasteiger partial charge in [-0.05, 0) is 19.4 Å². The molecule has 0 bridgehead atoms. The van der Waals surface area contributed by atoms with Crippen LogP contribution in [0.2, 0.25) is 0 Å². The average Bonchev–Trinajstić information content (AvgIpc) is 2.26. The molecule has 0 aliphatic heterocycles.